The smallest absolute Gasteiger partial charge is 0.244 e. The van der Waals surface area contributed by atoms with Crippen molar-refractivity contribution in [1.29, 1.82) is 0 Å². The zero-order valence-electron chi connectivity index (χ0n) is 14.5. The Kier molecular flexibility index (Phi) is 5.96. The molecule has 0 fully saturated rings. The highest BCUT2D eigenvalue weighted by Crippen LogP contribution is 2.28. The van der Waals surface area contributed by atoms with Crippen LogP contribution in [0.25, 0.3) is 5.70 Å². The summed E-state index contributed by atoms with van der Waals surface area (Å²) in [5.74, 6) is 0.782. The maximum absolute atomic E-state index is 12.4. The number of nitrogens with one attached hydrogen (secondary N) is 1. The number of benzene rings is 2. The second-order valence-corrected chi connectivity index (χ2v) is 6.52. The fraction of sp³-hybridized carbons (Fsp3) is 0.200. The molecule has 0 atom stereocenters. The lowest BCUT2D eigenvalue weighted by molar-refractivity contribution is -0.129. The number of thioether (sulfide) groups is 1. The molecule has 0 unspecified atom stereocenters. The molecular formula is C20H20N2O3S. The minimum Gasteiger partial charge on any atom is -0.494 e. The van der Waals surface area contributed by atoms with Crippen LogP contribution in [0.15, 0.2) is 60.0 Å². The van der Waals surface area contributed by atoms with Crippen molar-refractivity contribution in [2.24, 2.45) is 0 Å². The first kappa shape index (κ1) is 18.1. The highest BCUT2D eigenvalue weighted by molar-refractivity contribution is 8.03. The number of rotatable bonds is 6. The Morgan fingerprint density at radius 2 is 1.88 bits per heavy atom. The molecule has 0 saturated heterocycles. The van der Waals surface area contributed by atoms with Gasteiger partial charge in [0.05, 0.1) is 18.1 Å². The number of carbonyl (C=O) groups is 2. The van der Waals surface area contributed by atoms with Crippen molar-refractivity contribution >= 4 is 35.0 Å². The van der Waals surface area contributed by atoms with Gasteiger partial charge in [0.2, 0.25) is 11.8 Å². The summed E-state index contributed by atoms with van der Waals surface area (Å²) >= 11 is 1.45. The summed E-state index contributed by atoms with van der Waals surface area (Å²) in [6.45, 7) is 2.49. The van der Waals surface area contributed by atoms with Crippen molar-refractivity contribution in [3.8, 4) is 5.75 Å². The molecule has 2 aromatic carbocycles. The molecule has 134 valence electrons. The van der Waals surface area contributed by atoms with E-state index in [2.05, 4.69) is 5.32 Å². The molecular weight excluding hydrogens is 348 g/mol. The number of ether oxygens (including phenoxy) is 1. The molecule has 0 bridgehead atoms. The van der Waals surface area contributed by atoms with Crippen LogP contribution in [0.3, 0.4) is 0 Å². The van der Waals surface area contributed by atoms with E-state index >= 15 is 0 Å². The van der Waals surface area contributed by atoms with E-state index in [0.29, 0.717) is 18.0 Å². The molecule has 1 heterocycles. The molecule has 0 saturated carbocycles. The second kappa shape index (κ2) is 8.58. The molecule has 0 aromatic heterocycles. The monoisotopic (exact) mass is 368 g/mol. The summed E-state index contributed by atoms with van der Waals surface area (Å²) in [6, 6.07) is 16.8. The highest BCUT2D eigenvalue weighted by atomic mass is 32.2. The summed E-state index contributed by atoms with van der Waals surface area (Å²) < 4.78 is 5.39. The Balaban J connectivity index is 1.69. The van der Waals surface area contributed by atoms with Gasteiger partial charge in [0, 0.05) is 5.69 Å². The van der Waals surface area contributed by atoms with Gasteiger partial charge in [0.25, 0.3) is 0 Å². The van der Waals surface area contributed by atoms with Gasteiger partial charge in [-0.25, -0.2) is 0 Å². The quantitative estimate of drug-likeness (QED) is 0.846. The van der Waals surface area contributed by atoms with E-state index in [9.17, 15) is 9.59 Å². The summed E-state index contributed by atoms with van der Waals surface area (Å²) in [4.78, 5) is 26.3. The second-order valence-electron chi connectivity index (χ2n) is 5.67. The third kappa shape index (κ3) is 4.46. The van der Waals surface area contributed by atoms with E-state index in [1.54, 1.807) is 24.3 Å². The number of hydrogen-bond donors (Lipinski definition) is 1. The molecule has 2 amide bonds. The van der Waals surface area contributed by atoms with Crippen molar-refractivity contribution in [1.82, 2.24) is 4.90 Å². The predicted octanol–water partition coefficient (Wildman–Crippen LogP) is 3.60. The van der Waals surface area contributed by atoms with Gasteiger partial charge in [-0.1, -0.05) is 30.3 Å². The SMILES string of the molecule is CCOc1ccc(NC(=O)CN2C(=O)CSC=C2c2ccccc2)cc1. The van der Waals surface area contributed by atoms with Crippen molar-refractivity contribution in [2.45, 2.75) is 6.92 Å². The van der Waals surface area contributed by atoms with Crippen LogP contribution in [0.1, 0.15) is 12.5 Å². The van der Waals surface area contributed by atoms with Gasteiger partial charge in [0.15, 0.2) is 0 Å². The topological polar surface area (TPSA) is 58.6 Å². The lowest BCUT2D eigenvalue weighted by Crippen LogP contribution is -2.39. The maximum Gasteiger partial charge on any atom is 0.244 e. The number of carbonyl (C=O) groups excluding carboxylic acids is 2. The standard InChI is InChI=1S/C20H20N2O3S/c1-2-25-17-10-8-16(9-11-17)21-19(23)12-22-18(13-26-14-20(22)24)15-6-4-3-5-7-15/h3-11,13H,2,12,14H2,1H3,(H,21,23). The van der Waals surface area contributed by atoms with Gasteiger partial charge in [-0.15, -0.1) is 11.8 Å². The van der Waals surface area contributed by atoms with Crippen LogP contribution in [-0.2, 0) is 9.59 Å². The Labute approximate surface area is 157 Å². The van der Waals surface area contributed by atoms with Crippen LogP contribution in [0.2, 0.25) is 0 Å². The lowest BCUT2D eigenvalue weighted by Gasteiger charge is -2.28. The van der Waals surface area contributed by atoms with E-state index in [-0.39, 0.29) is 18.4 Å². The number of amides is 2. The summed E-state index contributed by atoms with van der Waals surface area (Å²) in [7, 11) is 0. The first-order valence-electron chi connectivity index (χ1n) is 8.37. The maximum atomic E-state index is 12.4. The van der Waals surface area contributed by atoms with Crippen molar-refractivity contribution in [3.05, 3.63) is 65.6 Å². The zero-order valence-corrected chi connectivity index (χ0v) is 15.3. The van der Waals surface area contributed by atoms with Gasteiger partial charge in [-0.2, -0.15) is 0 Å². The molecule has 0 radical (unpaired) electrons. The van der Waals surface area contributed by atoms with E-state index in [0.717, 1.165) is 17.0 Å². The minimum absolute atomic E-state index is 0.0205. The normalized spacial score (nSPS) is 14.0. The van der Waals surface area contributed by atoms with E-state index in [1.807, 2.05) is 42.7 Å². The Morgan fingerprint density at radius 1 is 1.15 bits per heavy atom. The Hall–Kier alpha value is -2.73. The average Bonchev–Trinajstić information content (AvgIpc) is 2.66. The third-order valence-electron chi connectivity index (χ3n) is 3.81. The molecule has 1 aliphatic heterocycles. The summed E-state index contributed by atoms with van der Waals surface area (Å²) in [5, 5.41) is 4.76. The minimum atomic E-state index is -0.240. The van der Waals surface area contributed by atoms with Gasteiger partial charge in [0.1, 0.15) is 12.3 Å². The van der Waals surface area contributed by atoms with Gasteiger partial charge in [-0.05, 0) is 42.2 Å². The van der Waals surface area contributed by atoms with E-state index in [4.69, 9.17) is 4.74 Å². The summed E-state index contributed by atoms with van der Waals surface area (Å²) in [5.41, 5.74) is 2.35. The largest absolute Gasteiger partial charge is 0.494 e. The van der Waals surface area contributed by atoms with Crippen molar-refractivity contribution in [3.63, 3.8) is 0 Å². The average molecular weight is 368 g/mol. The molecule has 0 aliphatic carbocycles. The molecule has 26 heavy (non-hydrogen) atoms. The molecule has 3 rings (SSSR count). The van der Waals surface area contributed by atoms with Crippen molar-refractivity contribution < 1.29 is 14.3 Å². The van der Waals surface area contributed by atoms with Gasteiger partial charge < -0.3 is 15.0 Å². The Bertz CT molecular complexity index is 804. The molecule has 2 aromatic rings. The van der Waals surface area contributed by atoms with Crippen LogP contribution >= 0.6 is 11.8 Å². The van der Waals surface area contributed by atoms with E-state index in [1.165, 1.54) is 16.7 Å². The lowest BCUT2D eigenvalue weighted by atomic mass is 10.1. The van der Waals surface area contributed by atoms with Crippen LogP contribution < -0.4 is 10.1 Å². The molecule has 0 spiro atoms. The predicted molar refractivity (Wildman–Crippen MR) is 105 cm³/mol. The van der Waals surface area contributed by atoms with E-state index < -0.39 is 0 Å². The third-order valence-corrected chi connectivity index (χ3v) is 4.62. The molecule has 6 heteroatoms. The first-order valence-corrected chi connectivity index (χ1v) is 9.42. The van der Waals surface area contributed by atoms with Crippen LogP contribution in [0, 0.1) is 0 Å². The van der Waals surface area contributed by atoms with Crippen molar-refractivity contribution in [2.75, 3.05) is 24.2 Å². The Morgan fingerprint density at radius 3 is 2.58 bits per heavy atom. The fourth-order valence-corrected chi connectivity index (χ4v) is 3.42. The van der Waals surface area contributed by atoms with Crippen LogP contribution in [0.4, 0.5) is 5.69 Å². The fourth-order valence-electron chi connectivity index (χ4n) is 2.62. The van der Waals surface area contributed by atoms with Gasteiger partial charge >= 0.3 is 0 Å². The molecule has 1 aliphatic rings. The van der Waals surface area contributed by atoms with Crippen LogP contribution in [-0.4, -0.2) is 35.6 Å². The number of anilines is 1. The number of hydrogen-bond acceptors (Lipinski definition) is 4. The first-order chi connectivity index (χ1) is 12.7. The number of nitrogens with zero attached hydrogens (tertiary/aromatic N) is 1. The highest BCUT2D eigenvalue weighted by Gasteiger charge is 2.25. The molecule has 5 nitrogen and oxygen atoms in total. The van der Waals surface area contributed by atoms with Gasteiger partial charge in [-0.3, -0.25) is 9.59 Å². The van der Waals surface area contributed by atoms with Crippen LogP contribution in [0.5, 0.6) is 5.75 Å². The summed E-state index contributed by atoms with van der Waals surface area (Å²) in [6.07, 6.45) is 0. The zero-order chi connectivity index (χ0) is 18.4. The molecule has 1 N–H and O–H groups in total.